The summed E-state index contributed by atoms with van der Waals surface area (Å²) in [6, 6.07) is 10.9. The Labute approximate surface area is 152 Å². The van der Waals surface area contributed by atoms with Crippen molar-refractivity contribution in [2.75, 3.05) is 0 Å². The largest absolute Gasteiger partial charge is 0.511 e. The van der Waals surface area contributed by atoms with E-state index in [2.05, 4.69) is 0 Å². The van der Waals surface area contributed by atoms with Crippen molar-refractivity contribution in [2.24, 2.45) is 0 Å². The van der Waals surface area contributed by atoms with Gasteiger partial charge in [-0.3, -0.25) is 0 Å². The predicted molar refractivity (Wildman–Crippen MR) is 95.0 cm³/mol. The fourth-order valence-corrected chi connectivity index (χ4v) is 4.05. The average Bonchev–Trinajstić information content (AvgIpc) is 2.45. The van der Waals surface area contributed by atoms with Crippen LogP contribution in [0.15, 0.2) is 42.5 Å². The van der Waals surface area contributed by atoms with Crippen molar-refractivity contribution in [3.8, 4) is 0 Å². The highest BCUT2D eigenvalue weighted by atomic mass is 127. The van der Waals surface area contributed by atoms with Gasteiger partial charge in [0, 0.05) is 3.57 Å². The lowest BCUT2D eigenvalue weighted by atomic mass is 9.93. The molecule has 0 radical (unpaired) electrons. The van der Waals surface area contributed by atoms with E-state index >= 15 is 0 Å². The number of aryl methyl sites for hydroxylation is 2. The molecular formula is C16H15F3INO2S. The topological polar surface area (TPSA) is 46.2 Å². The van der Waals surface area contributed by atoms with Crippen LogP contribution in [0.3, 0.4) is 0 Å². The molecule has 2 aromatic carbocycles. The van der Waals surface area contributed by atoms with E-state index in [1.54, 1.807) is 56.3 Å². The molecule has 0 aromatic heterocycles. The number of benzene rings is 2. The standard InChI is InChI=1S/C16H15F3INO2S/c1-10-6-3-4-8-12(10)15(21-24(22,23)16(17,18)19)14-11(2)7-5-9-13(14)20/h3-9,15,21H,1-2H3/t15-/m0/s1. The lowest BCUT2D eigenvalue weighted by Gasteiger charge is -2.24. The van der Waals surface area contributed by atoms with Gasteiger partial charge in [-0.1, -0.05) is 36.4 Å². The zero-order valence-corrected chi connectivity index (χ0v) is 15.8. The maximum absolute atomic E-state index is 12.9. The Morgan fingerprint density at radius 1 is 1.00 bits per heavy atom. The predicted octanol–water partition coefficient (Wildman–Crippen LogP) is 4.44. The molecule has 0 spiro atoms. The summed E-state index contributed by atoms with van der Waals surface area (Å²) in [7, 11) is -5.50. The molecule has 24 heavy (non-hydrogen) atoms. The summed E-state index contributed by atoms with van der Waals surface area (Å²) in [6.45, 7) is 3.47. The highest BCUT2D eigenvalue weighted by Gasteiger charge is 2.47. The van der Waals surface area contributed by atoms with Crippen LogP contribution in [0.1, 0.15) is 28.3 Å². The van der Waals surface area contributed by atoms with Crippen molar-refractivity contribution in [1.82, 2.24) is 4.72 Å². The minimum absolute atomic E-state index is 0.484. The first-order chi connectivity index (χ1) is 11.0. The second-order valence-corrected chi connectivity index (χ2v) is 8.19. The van der Waals surface area contributed by atoms with E-state index in [0.717, 1.165) is 0 Å². The molecule has 0 amide bonds. The maximum Gasteiger partial charge on any atom is 0.511 e. The molecular weight excluding hydrogens is 454 g/mol. The molecule has 0 unspecified atom stereocenters. The van der Waals surface area contributed by atoms with Crippen LogP contribution in [0.5, 0.6) is 0 Å². The van der Waals surface area contributed by atoms with Gasteiger partial charge < -0.3 is 0 Å². The van der Waals surface area contributed by atoms with Crippen molar-refractivity contribution in [3.05, 3.63) is 68.3 Å². The van der Waals surface area contributed by atoms with Crippen LogP contribution >= 0.6 is 22.6 Å². The summed E-state index contributed by atoms with van der Waals surface area (Å²) in [5, 5.41) is 0. The number of rotatable bonds is 4. The fraction of sp³-hybridized carbons (Fsp3) is 0.250. The third-order valence-electron chi connectivity index (χ3n) is 3.64. The van der Waals surface area contributed by atoms with Gasteiger partial charge in [0.1, 0.15) is 0 Å². The van der Waals surface area contributed by atoms with Gasteiger partial charge in [-0.15, -0.1) is 0 Å². The monoisotopic (exact) mass is 469 g/mol. The molecule has 130 valence electrons. The average molecular weight is 469 g/mol. The van der Waals surface area contributed by atoms with E-state index in [0.29, 0.717) is 25.8 Å². The molecule has 0 bridgehead atoms. The SMILES string of the molecule is Cc1ccccc1[C@H](NS(=O)(=O)C(F)(F)F)c1c(C)cccc1I. The zero-order valence-electron chi connectivity index (χ0n) is 12.9. The van der Waals surface area contributed by atoms with Gasteiger partial charge in [0.25, 0.3) is 0 Å². The summed E-state index contributed by atoms with van der Waals surface area (Å²) in [6.07, 6.45) is 0. The van der Waals surface area contributed by atoms with E-state index in [1.165, 1.54) is 0 Å². The lowest BCUT2D eigenvalue weighted by molar-refractivity contribution is -0.0450. The number of hydrogen-bond acceptors (Lipinski definition) is 2. The summed E-state index contributed by atoms with van der Waals surface area (Å²) < 4.78 is 64.5. The number of alkyl halides is 3. The summed E-state index contributed by atoms with van der Waals surface area (Å²) in [5.74, 6) is 0. The van der Waals surface area contributed by atoms with E-state index in [-0.39, 0.29) is 0 Å². The van der Waals surface area contributed by atoms with Crippen LogP contribution in [0, 0.1) is 17.4 Å². The Bertz CT molecular complexity index is 830. The molecule has 0 aliphatic rings. The molecule has 0 fully saturated rings. The molecule has 3 nitrogen and oxygen atoms in total. The van der Waals surface area contributed by atoms with Gasteiger partial charge in [0.05, 0.1) is 6.04 Å². The molecule has 0 aliphatic heterocycles. The van der Waals surface area contributed by atoms with Crippen LogP contribution in [0.4, 0.5) is 13.2 Å². The molecule has 0 heterocycles. The lowest BCUT2D eigenvalue weighted by Crippen LogP contribution is -2.39. The zero-order chi connectivity index (χ0) is 18.1. The van der Waals surface area contributed by atoms with Gasteiger partial charge in [0.2, 0.25) is 0 Å². The summed E-state index contributed by atoms with van der Waals surface area (Å²) in [4.78, 5) is 0. The van der Waals surface area contributed by atoms with Crippen molar-refractivity contribution >= 4 is 32.6 Å². The summed E-state index contributed by atoms with van der Waals surface area (Å²) >= 11 is 2.00. The molecule has 0 aliphatic carbocycles. The van der Waals surface area contributed by atoms with Gasteiger partial charge in [-0.25, -0.2) is 8.42 Å². The minimum atomic E-state index is -5.50. The first-order valence-electron chi connectivity index (χ1n) is 6.93. The quantitative estimate of drug-likeness (QED) is 0.674. The van der Waals surface area contributed by atoms with Gasteiger partial charge in [-0.05, 0) is 64.8 Å². The Morgan fingerprint density at radius 2 is 1.58 bits per heavy atom. The van der Waals surface area contributed by atoms with E-state index < -0.39 is 21.6 Å². The van der Waals surface area contributed by atoms with Crippen LogP contribution in [-0.4, -0.2) is 13.9 Å². The van der Waals surface area contributed by atoms with Crippen molar-refractivity contribution in [2.45, 2.75) is 25.4 Å². The highest BCUT2D eigenvalue weighted by Crippen LogP contribution is 2.33. The molecule has 0 saturated heterocycles. The van der Waals surface area contributed by atoms with Crippen LogP contribution in [0.2, 0.25) is 0 Å². The Hall–Kier alpha value is -1.13. The van der Waals surface area contributed by atoms with Crippen molar-refractivity contribution < 1.29 is 21.6 Å². The van der Waals surface area contributed by atoms with E-state index in [1.807, 2.05) is 27.3 Å². The molecule has 1 N–H and O–H groups in total. The Morgan fingerprint density at radius 3 is 2.12 bits per heavy atom. The van der Waals surface area contributed by atoms with Crippen molar-refractivity contribution in [1.29, 1.82) is 0 Å². The second-order valence-electron chi connectivity index (χ2n) is 5.33. The number of hydrogen-bond donors (Lipinski definition) is 1. The first-order valence-corrected chi connectivity index (χ1v) is 9.50. The highest BCUT2D eigenvalue weighted by molar-refractivity contribution is 14.1. The Kier molecular flexibility index (Phi) is 5.61. The third kappa shape index (κ3) is 3.92. The normalized spacial score (nSPS) is 13.8. The van der Waals surface area contributed by atoms with Crippen molar-refractivity contribution in [3.63, 3.8) is 0 Å². The second kappa shape index (κ2) is 7.01. The van der Waals surface area contributed by atoms with Crippen LogP contribution < -0.4 is 4.72 Å². The van der Waals surface area contributed by atoms with Gasteiger partial charge in [0.15, 0.2) is 0 Å². The minimum Gasteiger partial charge on any atom is -0.203 e. The molecule has 2 aromatic rings. The van der Waals surface area contributed by atoms with E-state index in [9.17, 15) is 21.6 Å². The van der Waals surface area contributed by atoms with Crippen LogP contribution in [0.25, 0.3) is 0 Å². The molecule has 2 rings (SSSR count). The fourth-order valence-electron chi connectivity index (χ4n) is 2.42. The maximum atomic E-state index is 12.9. The smallest absolute Gasteiger partial charge is 0.203 e. The molecule has 1 atom stereocenters. The van der Waals surface area contributed by atoms with Crippen LogP contribution in [-0.2, 0) is 10.0 Å². The first kappa shape index (κ1) is 19.2. The number of nitrogens with one attached hydrogen (secondary N) is 1. The van der Waals surface area contributed by atoms with Gasteiger partial charge in [-0.2, -0.15) is 17.9 Å². The molecule has 8 heteroatoms. The third-order valence-corrected chi connectivity index (χ3v) is 5.73. The number of halogens is 4. The Balaban J connectivity index is 2.66. The molecule has 0 saturated carbocycles. The van der Waals surface area contributed by atoms with E-state index in [4.69, 9.17) is 0 Å². The van der Waals surface area contributed by atoms with Gasteiger partial charge >= 0.3 is 15.5 Å². The summed E-state index contributed by atoms with van der Waals surface area (Å²) in [5.41, 5.74) is -2.97. The number of sulfonamides is 1.